The second-order valence-electron chi connectivity index (χ2n) is 4.21. The van der Waals surface area contributed by atoms with Gasteiger partial charge in [0.2, 0.25) is 0 Å². The summed E-state index contributed by atoms with van der Waals surface area (Å²) in [4.78, 5) is 24.4. The predicted molar refractivity (Wildman–Crippen MR) is 82.0 cm³/mol. The number of rotatable bonds is 6. The number of carbonyl (C=O) groups excluding carboxylic acids is 2. The molecule has 1 fully saturated rings. The normalized spacial score (nSPS) is 17.3. The van der Waals surface area contributed by atoms with Gasteiger partial charge in [0.25, 0.3) is 5.91 Å². The van der Waals surface area contributed by atoms with E-state index in [2.05, 4.69) is 0 Å². The fraction of sp³-hybridized carbons (Fsp3) is 0.214. The Hall–Kier alpha value is -1.86. The Balaban J connectivity index is 1.95. The number of thiocarbonyl (C=S) groups is 1. The first-order chi connectivity index (χ1) is 10.1. The zero-order valence-electron chi connectivity index (χ0n) is 11.0. The van der Waals surface area contributed by atoms with Crippen molar-refractivity contribution in [3.8, 4) is 0 Å². The zero-order chi connectivity index (χ0) is 15.2. The van der Waals surface area contributed by atoms with Crippen LogP contribution in [0.3, 0.4) is 0 Å². The molecule has 1 aliphatic heterocycles. The van der Waals surface area contributed by atoms with Crippen LogP contribution in [0.25, 0.3) is 6.08 Å². The van der Waals surface area contributed by atoms with Crippen molar-refractivity contribution in [2.45, 2.75) is 12.8 Å². The van der Waals surface area contributed by atoms with Crippen molar-refractivity contribution in [3.05, 3.63) is 41.2 Å². The van der Waals surface area contributed by atoms with Crippen LogP contribution in [0, 0.1) is 0 Å². The molecule has 0 spiro atoms. The molecule has 0 aliphatic carbocycles. The quantitative estimate of drug-likeness (QED) is 0.585. The molecule has 1 amide bonds. The molecule has 5 nitrogen and oxygen atoms in total. The molecule has 0 aromatic carbocycles. The van der Waals surface area contributed by atoms with E-state index in [4.69, 9.17) is 16.6 Å². The Morgan fingerprint density at radius 1 is 1.52 bits per heavy atom. The van der Waals surface area contributed by atoms with E-state index in [0.717, 1.165) is 0 Å². The topological polar surface area (TPSA) is 73.6 Å². The summed E-state index contributed by atoms with van der Waals surface area (Å²) in [5.74, 6) is -0.638. The summed E-state index contributed by atoms with van der Waals surface area (Å²) in [7, 11) is 0. The molecule has 0 saturated carbocycles. The first-order valence-electron chi connectivity index (χ1n) is 6.23. The largest absolute Gasteiger partial charge is 0.550 e. The van der Waals surface area contributed by atoms with E-state index in [1.807, 2.05) is 0 Å². The van der Waals surface area contributed by atoms with Crippen molar-refractivity contribution in [3.63, 3.8) is 0 Å². The highest BCUT2D eigenvalue weighted by molar-refractivity contribution is 8.26. The molecule has 1 aromatic rings. The van der Waals surface area contributed by atoms with E-state index < -0.39 is 5.97 Å². The number of carboxylic acids is 1. The van der Waals surface area contributed by atoms with Gasteiger partial charge in [-0.1, -0.05) is 30.1 Å². The second kappa shape index (κ2) is 7.24. The van der Waals surface area contributed by atoms with Crippen LogP contribution in [0.2, 0.25) is 0 Å². The SMILES string of the molecule is O=C([O-])CCCN1C(=O)/C(=C\C=C\c2ccco2)SC1=S. The molecule has 110 valence electrons. The van der Waals surface area contributed by atoms with Gasteiger partial charge in [-0.05, 0) is 37.1 Å². The molecular weight excluding hydrogens is 310 g/mol. The third kappa shape index (κ3) is 4.30. The molecule has 0 N–H and O–H groups in total. The van der Waals surface area contributed by atoms with Crippen LogP contribution >= 0.6 is 24.0 Å². The van der Waals surface area contributed by atoms with E-state index in [1.165, 1.54) is 16.7 Å². The Kier molecular flexibility index (Phi) is 5.35. The van der Waals surface area contributed by atoms with Gasteiger partial charge in [-0.15, -0.1) is 0 Å². The van der Waals surface area contributed by atoms with Gasteiger partial charge < -0.3 is 14.3 Å². The molecule has 21 heavy (non-hydrogen) atoms. The molecule has 1 aromatic heterocycles. The van der Waals surface area contributed by atoms with E-state index in [0.29, 0.717) is 21.4 Å². The van der Waals surface area contributed by atoms with Crippen LogP contribution in [-0.4, -0.2) is 27.6 Å². The number of nitrogens with zero attached hydrogens (tertiary/aromatic N) is 1. The van der Waals surface area contributed by atoms with Crippen molar-refractivity contribution < 1.29 is 19.1 Å². The van der Waals surface area contributed by atoms with E-state index in [9.17, 15) is 14.7 Å². The number of allylic oxidation sites excluding steroid dienone is 2. The smallest absolute Gasteiger partial charge is 0.266 e. The molecule has 0 atom stereocenters. The van der Waals surface area contributed by atoms with Gasteiger partial charge in [-0.3, -0.25) is 9.69 Å². The second-order valence-corrected chi connectivity index (χ2v) is 5.88. The fourth-order valence-electron chi connectivity index (χ4n) is 1.70. The fourth-order valence-corrected chi connectivity index (χ4v) is 2.97. The van der Waals surface area contributed by atoms with Crippen LogP contribution in [0.1, 0.15) is 18.6 Å². The first-order valence-corrected chi connectivity index (χ1v) is 7.46. The van der Waals surface area contributed by atoms with Crippen molar-refractivity contribution >= 4 is 46.3 Å². The van der Waals surface area contributed by atoms with Crippen molar-refractivity contribution in [1.82, 2.24) is 4.90 Å². The monoisotopic (exact) mass is 322 g/mol. The Bertz CT molecular complexity index is 605. The average molecular weight is 322 g/mol. The summed E-state index contributed by atoms with van der Waals surface area (Å²) < 4.78 is 5.58. The number of carboxylic acid groups (broad SMARTS) is 1. The van der Waals surface area contributed by atoms with Gasteiger partial charge >= 0.3 is 0 Å². The summed E-state index contributed by atoms with van der Waals surface area (Å²) in [6.07, 6.45) is 6.92. The third-order valence-corrected chi connectivity index (χ3v) is 4.08. The van der Waals surface area contributed by atoms with Crippen molar-refractivity contribution in [2.24, 2.45) is 0 Å². The molecule has 0 unspecified atom stereocenters. The first kappa shape index (κ1) is 15.5. The van der Waals surface area contributed by atoms with Gasteiger partial charge in [0.05, 0.1) is 11.2 Å². The number of hydrogen-bond acceptors (Lipinski definition) is 6. The molecule has 7 heteroatoms. The molecule has 1 aliphatic rings. The highest BCUT2D eigenvalue weighted by Gasteiger charge is 2.30. The molecule has 0 radical (unpaired) electrons. The number of furan rings is 1. The minimum absolute atomic E-state index is 0.0888. The molecule has 1 saturated heterocycles. The molecule has 2 rings (SSSR count). The predicted octanol–water partition coefficient (Wildman–Crippen LogP) is 1.57. The lowest BCUT2D eigenvalue weighted by atomic mass is 10.3. The Morgan fingerprint density at radius 3 is 3.00 bits per heavy atom. The number of hydrogen-bond donors (Lipinski definition) is 0. The number of thioether (sulfide) groups is 1. The Morgan fingerprint density at radius 2 is 2.33 bits per heavy atom. The minimum atomic E-state index is -1.13. The Labute approximate surface area is 131 Å². The molecule has 2 heterocycles. The number of aliphatic carboxylic acids is 1. The van der Waals surface area contributed by atoms with E-state index >= 15 is 0 Å². The van der Waals surface area contributed by atoms with Gasteiger partial charge in [-0.2, -0.15) is 0 Å². The lowest BCUT2D eigenvalue weighted by Gasteiger charge is -2.14. The van der Waals surface area contributed by atoms with Crippen molar-refractivity contribution in [1.29, 1.82) is 0 Å². The lowest BCUT2D eigenvalue weighted by molar-refractivity contribution is -0.305. The summed E-state index contributed by atoms with van der Waals surface area (Å²) in [5, 5.41) is 10.4. The third-order valence-electron chi connectivity index (χ3n) is 2.69. The number of amides is 1. The lowest BCUT2D eigenvalue weighted by Crippen LogP contribution is -2.30. The highest BCUT2D eigenvalue weighted by Crippen LogP contribution is 2.31. The van der Waals surface area contributed by atoms with Crippen LogP contribution in [0.5, 0.6) is 0 Å². The van der Waals surface area contributed by atoms with Crippen LogP contribution in [0.15, 0.2) is 39.9 Å². The summed E-state index contributed by atoms with van der Waals surface area (Å²) >= 11 is 6.33. The maximum Gasteiger partial charge on any atom is 0.266 e. The summed E-state index contributed by atoms with van der Waals surface area (Å²) in [6.45, 7) is 0.290. The minimum Gasteiger partial charge on any atom is -0.550 e. The van der Waals surface area contributed by atoms with Gasteiger partial charge in [0.15, 0.2) is 0 Å². The summed E-state index contributed by atoms with van der Waals surface area (Å²) in [6, 6.07) is 3.58. The van der Waals surface area contributed by atoms with Crippen LogP contribution in [0.4, 0.5) is 0 Å². The van der Waals surface area contributed by atoms with Crippen LogP contribution < -0.4 is 5.11 Å². The summed E-state index contributed by atoms with van der Waals surface area (Å²) in [5.41, 5.74) is 0. The van der Waals surface area contributed by atoms with E-state index in [-0.39, 0.29) is 18.9 Å². The van der Waals surface area contributed by atoms with Gasteiger partial charge in [-0.25, -0.2) is 0 Å². The average Bonchev–Trinajstić information content (AvgIpc) is 3.02. The molecule has 0 bridgehead atoms. The van der Waals surface area contributed by atoms with Gasteiger partial charge in [0.1, 0.15) is 10.1 Å². The number of carbonyl (C=O) groups is 2. The van der Waals surface area contributed by atoms with Crippen molar-refractivity contribution in [2.75, 3.05) is 6.54 Å². The maximum absolute atomic E-state index is 12.1. The van der Waals surface area contributed by atoms with E-state index in [1.54, 1.807) is 36.6 Å². The van der Waals surface area contributed by atoms with Gasteiger partial charge in [0, 0.05) is 12.5 Å². The zero-order valence-corrected chi connectivity index (χ0v) is 12.6. The molecular formula is C14H12NO4S2-. The standard InChI is InChI=1S/C14H13NO4S2/c16-12(17)7-2-8-15-13(18)11(21-14(15)20)6-1-4-10-5-3-9-19-10/h1,3-6,9H,2,7-8H2,(H,16,17)/p-1/b4-1+,11-6+. The maximum atomic E-state index is 12.1. The highest BCUT2D eigenvalue weighted by atomic mass is 32.2. The van der Waals surface area contributed by atoms with Crippen LogP contribution in [-0.2, 0) is 9.59 Å².